The van der Waals surface area contributed by atoms with Crippen LogP contribution < -0.4 is 0 Å². The molecule has 2 nitrogen and oxygen atoms in total. The fraction of sp³-hybridized carbons (Fsp3) is 0.0606. The highest BCUT2D eigenvalue weighted by Gasteiger charge is 2.16. The first-order valence-corrected chi connectivity index (χ1v) is 12.0. The summed E-state index contributed by atoms with van der Waals surface area (Å²) >= 11 is 0. The lowest BCUT2D eigenvalue weighted by molar-refractivity contribution is 0.673. The van der Waals surface area contributed by atoms with Gasteiger partial charge in [-0.1, -0.05) is 78.9 Å². The molecule has 0 amide bonds. The van der Waals surface area contributed by atoms with Crippen molar-refractivity contribution in [3.8, 4) is 22.4 Å². The van der Waals surface area contributed by atoms with Crippen LogP contribution in [-0.2, 0) is 0 Å². The van der Waals surface area contributed by atoms with Gasteiger partial charge in [0, 0.05) is 27.9 Å². The molecular formula is C33H23NO. The molecule has 0 saturated carbocycles. The zero-order chi connectivity index (χ0) is 23.5. The Morgan fingerprint density at radius 3 is 2.09 bits per heavy atom. The Kier molecular flexibility index (Phi) is 4.31. The van der Waals surface area contributed by atoms with Crippen LogP contribution in [0.15, 0.2) is 108 Å². The highest BCUT2D eigenvalue weighted by molar-refractivity contribution is 6.17. The zero-order valence-corrected chi connectivity index (χ0v) is 19.7. The topological polar surface area (TPSA) is 26.0 Å². The van der Waals surface area contributed by atoms with Gasteiger partial charge in [-0.15, -0.1) is 0 Å². The third-order valence-electron chi connectivity index (χ3n) is 7.26. The summed E-state index contributed by atoms with van der Waals surface area (Å²) in [6, 6.07) is 34.3. The van der Waals surface area contributed by atoms with Gasteiger partial charge in [0.05, 0.1) is 5.69 Å². The van der Waals surface area contributed by atoms with Crippen LogP contribution in [0.4, 0.5) is 0 Å². The Labute approximate surface area is 203 Å². The molecule has 0 radical (unpaired) electrons. The molecule has 0 unspecified atom stereocenters. The number of hydrogen-bond acceptors (Lipinski definition) is 2. The van der Waals surface area contributed by atoms with Gasteiger partial charge in [-0.3, -0.25) is 4.98 Å². The Bertz CT molecular complexity index is 1930. The number of para-hydroxylation sites is 1. The first kappa shape index (κ1) is 20.0. The summed E-state index contributed by atoms with van der Waals surface area (Å²) in [5.74, 6) is 0. The third kappa shape index (κ3) is 3.00. The van der Waals surface area contributed by atoms with Crippen molar-refractivity contribution < 1.29 is 4.42 Å². The molecule has 5 aromatic carbocycles. The number of hydrogen-bond donors (Lipinski definition) is 0. The lowest BCUT2D eigenvalue weighted by Crippen LogP contribution is -1.93. The van der Waals surface area contributed by atoms with Crippen molar-refractivity contribution in [2.75, 3.05) is 0 Å². The molecule has 0 aliphatic heterocycles. The van der Waals surface area contributed by atoms with Gasteiger partial charge in [-0.25, -0.2) is 0 Å². The van der Waals surface area contributed by atoms with E-state index in [-0.39, 0.29) is 0 Å². The zero-order valence-electron chi connectivity index (χ0n) is 19.7. The second-order valence-electron chi connectivity index (χ2n) is 9.29. The van der Waals surface area contributed by atoms with Gasteiger partial charge >= 0.3 is 0 Å². The summed E-state index contributed by atoms with van der Waals surface area (Å²) in [4.78, 5) is 4.85. The second kappa shape index (κ2) is 7.54. The van der Waals surface area contributed by atoms with Crippen molar-refractivity contribution in [1.82, 2.24) is 4.98 Å². The summed E-state index contributed by atoms with van der Waals surface area (Å²) in [6.07, 6.45) is 1.98. The van der Waals surface area contributed by atoms with Gasteiger partial charge in [0.15, 0.2) is 0 Å². The Hall–Kier alpha value is -4.43. The first-order valence-electron chi connectivity index (χ1n) is 12.0. The maximum Gasteiger partial charge on any atom is 0.144 e. The minimum Gasteiger partial charge on any atom is -0.455 e. The van der Waals surface area contributed by atoms with Crippen LogP contribution in [0.25, 0.3) is 65.9 Å². The molecule has 7 aromatic rings. The van der Waals surface area contributed by atoms with Crippen LogP contribution in [0.3, 0.4) is 0 Å². The van der Waals surface area contributed by atoms with Crippen LogP contribution in [0.5, 0.6) is 0 Å². The fourth-order valence-electron chi connectivity index (χ4n) is 5.41. The number of aryl methyl sites for hydroxylation is 2. The van der Waals surface area contributed by atoms with Crippen LogP contribution in [-0.4, -0.2) is 4.98 Å². The highest BCUT2D eigenvalue weighted by Crippen LogP contribution is 2.40. The Morgan fingerprint density at radius 2 is 1.23 bits per heavy atom. The Morgan fingerprint density at radius 1 is 0.543 bits per heavy atom. The predicted molar refractivity (Wildman–Crippen MR) is 147 cm³/mol. The van der Waals surface area contributed by atoms with Gasteiger partial charge in [0.2, 0.25) is 0 Å². The van der Waals surface area contributed by atoms with E-state index in [0.717, 1.165) is 44.1 Å². The van der Waals surface area contributed by atoms with Crippen LogP contribution in [0.2, 0.25) is 0 Å². The third-order valence-corrected chi connectivity index (χ3v) is 7.26. The van der Waals surface area contributed by atoms with Gasteiger partial charge in [-0.2, -0.15) is 0 Å². The van der Waals surface area contributed by atoms with Crippen LogP contribution >= 0.6 is 0 Å². The molecule has 0 fully saturated rings. The number of pyridine rings is 1. The molecule has 0 atom stereocenters. The number of benzene rings is 5. The number of fused-ring (bicyclic) bond motifs is 6. The van der Waals surface area contributed by atoms with Gasteiger partial charge < -0.3 is 4.42 Å². The van der Waals surface area contributed by atoms with Crippen molar-refractivity contribution >= 4 is 43.5 Å². The molecule has 0 bridgehead atoms. The van der Waals surface area contributed by atoms with E-state index >= 15 is 0 Å². The average Bonchev–Trinajstić information content (AvgIpc) is 3.29. The fourth-order valence-corrected chi connectivity index (χ4v) is 5.41. The molecule has 166 valence electrons. The SMILES string of the molecule is Cc1cnc(-c2cccc3c2oc2c4ccccc4ccc32)cc1-c1ccc2ccccc2c1C. The summed E-state index contributed by atoms with van der Waals surface area (Å²) in [7, 11) is 0. The van der Waals surface area contributed by atoms with Crippen molar-refractivity contribution in [3.05, 3.63) is 114 Å². The van der Waals surface area contributed by atoms with Crippen molar-refractivity contribution in [2.45, 2.75) is 13.8 Å². The van der Waals surface area contributed by atoms with Crippen LogP contribution in [0.1, 0.15) is 11.1 Å². The van der Waals surface area contributed by atoms with Gasteiger partial charge in [-0.05, 0) is 70.5 Å². The van der Waals surface area contributed by atoms with Crippen molar-refractivity contribution in [3.63, 3.8) is 0 Å². The lowest BCUT2D eigenvalue weighted by atomic mass is 9.92. The molecule has 7 rings (SSSR count). The van der Waals surface area contributed by atoms with E-state index < -0.39 is 0 Å². The van der Waals surface area contributed by atoms with E-state index in [9.17, 15) is 0 Å². The molecular weight excluding hydrogens is 426 g/mol. The average molecular weight is 450 g/mol. The van der Waals surface area contributed by atoms with E-state index in [1.54, 1.807) is 0 Å². The largest absolute Gasteiger partial charge is 0.455 e. The van der Waals surface area contributed by atoms with E-state index in [1.807, 2.05) is 6.20 Å². The van der Waals surface area contributed by atoms with Crippen molar-refractivity contribution in [2.24, 2.45) is 0 Å². The smallest absolute Gasteiger partial charge is 0.144 e. The molecule has 0 saturated heterocycles. The van der Waals surface area contributed by atoms with E-state index in [1.165, 1.54) is 32.8 Å². The number of nitrogens with zero attached hydrogens (tertiary/aromatic N) is 1. The number of rotatable bonds is 2. The second-order valence-corrected chi connectivity index (χ2v) is 9.29. The molecule has 0 aliphatic rings. The summed E-state index contributed by atoms with van der Waals surface area (Å²) in [5, 5.41) is 7.13. The minimum absolute atomic E-state index is 0.886. The quantitative estimate of drug-likeness (QED) is 0.263. The monoisotopic (exact) mass is 449 g/mol. The molecule has 2 heteroatoms. The summed E-state index contributed by atoms with van der Waals surface area (Å²) in [5.41, 5.74) is 8.66. The number of furan rings is 1. The molecule has 0 spiro atoms. The summed E-state index contributed by atoms with van der Waals surface area (Å²) < 4.78 is 6.57. The molecule has 2 aromatic heterocycles. The molecule has 0 aliphatic carbocycles. The van der Waals surface area contributed by atoms with Gasteiger partial charge in [0.1, 0.15) is 11.2 Å². The molecule has 0 N–H and O–H groups in total. The van der Waals surface area contributed by atoms with E-state index in [4.69, 9.17) is 9.40 Å². The van der Waals surface area contributed by atoms with E-state index in [0.29, 0.717) is 0 Å². The predicted octanol–water partition coefficient (Wildman–Crippen LogP) is 9.24. The van der Waals surface area contributed by atoms with Crippen molar-refractivity contribution in [1.29, 1.82) is 0 Å². The lowest BCUT2D eigenvalue weighted by Gasteiger charge is -2.13. The Balaban J connectivity index is 1.47. The maximum atomic E-state index is 6.57. The van der Waals surface area contributed by atoms with E-state index in [2.05, 4.69) is 111 Å². The highest BCUT2D eigenvalue weighted by atomic mass is 16.3. The van der Waals surface area contributed by atoms with Crippen LogP contribution in [0, 0.1) is 13.8 Å². The molecule has 2 heterocycles. The minimum atomic E-state index is 0.886. The standard InChI is InChI=1S/C33H23NO/c1-20-19-34-31(18-30(20)25-16-14-22-8-3-5-10-24(22)21(25)2)29-13-7-12-27-28-17-15-23-9-4-6-11-26(23)32(28)35-33(27)29/h3-19H,1-2H3. The van der Waals surface area contributed by atoms with Gasteiger partial charge in [0.25, 0.3) is 0 Å². The normalized spacial score (nSPS) is 11.7. The first-order chi connectivity index (χ1) is 17.2. The number of aromatic nitrogens is 1. The molecule has 35 heavy (non-hydrogen) atoms. The maximum absolute atomic E-state index is 6.57. The summed E-state index contributed by atoms with van der Waals surface area (Å²) in [6.45, 7) is 4.34.